The van der Waals surface area contributed by atoms with Crippen LogP contribution >= 0.6 is 0 Å². The van der Waals surface area contributed by atoms with Gasteiger partial charge in [-0.25, -0.2) is 0 Å². The third-order valence-electron chi connectivity index (χ3n) is 3.59. The number of carbonyl (C=O) groups excluding carboxylic acids is 1. The fraction of sp³-hybridized carbons (Fsp3) is 0.667. The molecule has 0 aliphatic heterocycles. The molecule has 6 heteroatoms. The van der Waals surface area contributed by atoms with Gasteiger partial charge in [0.15, 0.2) is 0 Å². The molecule has 0 saturated heterocycles. The maximum atomic E-state index is 11.0. The van der Waals surface area contributed by atoms with Crippen LogP contribution in [-0.4, -0.2) is 36.2 Å². The minimum atomic E-state index is -0.421. The van der Waals surface area contributed by atoms with Crippen molar-refractivity contribution in [2.45, 2.75) is 83.1 Å². The Balaban J connectivity index is -0.0000000631. The zero-order valence-corrected chi connectivity index (χ0v) is 15.3. The van der Waals surface area contributed by atoms with Gasteiger partial charge in [-0.05, 0) is 38.2 Å². The molecule has 1 atom stereocenters. The van der Waals surface area contributed by atoms with Gasteiger partial charge in [0.05, 0.1) is 13.2 Å². The lowest BCUT2D eigenvalue weighted by atomic mass is 9.71. The first kappa shape index (κ1) is 40.5. The summed E-state index contributed by atoms with van der Waals surface area (Å²) >= 11 is 0. The Morgan fingerprint density at radius 1 is 1.11 bits per heavy atom. The number of hydrogen-bond acceptors (Lipinski definition) is 3. The van der Waals surface area contributed by atoms with Crippen molar-refractivity contribution in [3.05, 3.63) is 35.9 Å². The fourth-order valence-electron chi connectivity index (χ4n) is 1.38. The van der Waals surface area contributed by atoms with E-state index in [1.165, 1.54) is 19.1 Å². The van der Waals surface area contributed by atoms with Crippen LogP contribution in [0.4, 0.5) is 0 Å². The van der Waals surface area contributed by atoms with Crippen molar-refractivity contribution in [2.75, 3.05) is 7.11 Å². The fourth-order valence-corrected chi connectivity index (χ4v) is 1.38. The summed E-state index contributed by atoms with van der Waals surface area (Å²) < 4.78 is 8.26. The van der Waals surface area contributed by atoms with E-state index in [0.29, 0.717) is 5.92 Å². The molecule has 3 nitrogen and oxygen atoms in total. The lowest BCUT2D eigenvalue weighted by molar-refractivity contribution is -0.143. The molecular formula is C21H44B3O3. The third-order valence-corrected chi connectivity index (χ3v) is 3.59. The molecule has 0 saturated carbocycles. The largest absolute Gasteiger partial charge is 0.550 e. The highest BCUT2D eigenvalue weighted by atomic mass is 16.5. The zero-order valence-electron chi connectivity index (χ0n) is 15.3. The Hall–Kier alpha value is -1.16. The van der Waals surface area contributed by atoms with Gasteiger partial charge in [-0.3, -0.25) is 4.79 Å². The van der Waals surface area contributed by atoms with Crippen LogP contribution < -0.4 is 0 Å². The summed E-state index contributed by atoms with van der Waals surface area (Å²) in [6.45, 7) is 10.0. The molecule has 1 unspecified atom stereocenters. The number of hydrogen-bond donors (Lipinski definition) is 0. The average Bonchev–Trinajstić information content (AvgIpc) is 2.56. The van der Waals surface area contributed by atoms with Crippen molar-refractivity contribution < 1.29 is 14.1 Å². The molecule has 1 aromatic carbocycles. The summed E-state index contributed by atoms with van der Waals surface area (Å²) in [7, 11) is 11.6. The monoisotopic (exact) mass is 377 g/mol. The standard InChI is InChI=1S/C10H14.C6H11B2O2.CH3BO.4CH4/c1-3-9(2)10-7-5-4-6-8-10;1-4-6(2,3)5(9)10-8-7;1-3-2;;;;/h4-9H,3H2,1-2H3;4H2,1-3H3;1H3;4*1H4. The molecule has 0 aliphatic carbocycles. The molecule has 155 valence electrons. The zero-order chi connectivity index (χ0) is 18.3. The Morgan fingerprint density at radius 3 is 1.81 bits per heavy atom. The summed E-state index contributed by atoms with van der Waals surface area (Å²) in [5, 5.41) is 0. The van der Waals surface area contributed by atoms with Crippen molar-refractivity contribution in [2.24, 2.45) is 5.41 Å². The van der Waals surface area contributed by atoms with Gasteiger partial charge in [0.2, 0.25) is 0 Å². The first-order valence-corrected chi connectivity index (χ1v) is 7.82. The minimum Gasteiger partial charge on any atom is -0.550 e. The summed E-state index contributed by atoms with van der Waals surface area (Å²) in [5.41, 5.74) is 1.03. The van der Waals surface area contributed by atoms with Crippen LogP contribution in [0.5, 0.6) is 0 Å². The van der Waals surface area contributed by atoms with E-state index in [-0.39, 0.29) is 35.7 Å². The quantitative estimate of drug-likeness (QED) is 0.580. The summed E-state index contributed by atoms with van der Waals surface area (Å²) in [6, 6.07) is 10.6. The van der Waals surface area contributed by atoms with Crippen LogP contribution in [0.25, 0.3) is 0 Å². The lowest BCUT2D eigenvalue weighted by Gasteiger charge is -2.19. The van der Waals surface area contributed by atoms with E-state index in [1.54, 1.807) is 0 Å². The number of carbonyl (C=O) groups is 1. The Labute approximate surface area is 175 Å². The van der Waals surface area contributed by atoms with Crippen LogP contribution in [0.2, 0.25) is 0 Å². The van der Waals surface area contributed by atoms with Gasteiger partial charge in [0.25, 0.3) is 14.0 Å². The molecule has 0 spiro atoms. The Kier molecular flexibility index (Phi) is 37.3. The second-order valence-electron chi connectivity index (χ2n) is 5.73. The molecule has 1 rings (SSSR count). The maximum absolute atomic E-state index is 11.0. The molecule has 0 heterocycles. The van der Waals surface area contributed by atoms with Crippen LogP contribution in [0.3, 0.4) is 0 Å². The van der Waals surface area contributed by atoms with E-state index in [1.807, 2.05) is 20.8 Å². The van der Waals surface area contributed by atoms with Crippen molar-refractivity contribution in [3.8, 4) is 0 Å². The molecule has 0 N–H and O–H groups in total. The number of rotatable bonds is 5. The van der Waals surface area contributed by atoms with Gasteiger partial charge in [-0.1, -0.05) is 80.8 Å². The van der Waals surface area contributed by atoms with E-state index in [0.717, 1.165) is 13.8 Å². The first-order valence-electron chi connectivity index (χ1n) is 7.82. The van der Waals surface area contributed by atoms with Crippen LogP contribution in [0, 0.1) is 5.41 Å². The van der Waals surface area contributed by atoms with Gasteiger partial charge >= 0.3 is 7.37 Å². The maximum Gasteiger partial charge on any atom is 0.306 e. The molecule has 1 aromatic rings. The molecule has 0 bridgehead atoms. The molecule has 0 aliphatic rings. The van der Waals surface area contributed by atoms with Gasteiger partial charge < -0.3 is 9.31 Å². The molecule has 5 radical (unpaired) electrons. The van der Waals surface area contributed by atoms with Crippen molar-refractivity contribution in [3.63, 3.8) is 0 Å². The molecule has 27 heavy (non-hydrogen) atoms. The third kappa shape index (κ3) is 21.0. The van der Waals surface area contributed by atoms with E-state index in [4.69, 9.17) is 7.74 Å². The molecule has 0 amide bonds. The predicted molar refractivity (Wildman–Crippen MR) is 127 cm³/mol. The molecular weight excluding hydrogens is 333 g/mol. The molecule has 0 aromatic heterocycles. The second-order valence-corrected chi connectivity index (χ2v) is 5.73. The van der Waals surface area contributed by atoms with Gasteiger partial charge in [-0.15, -0.1) is 0 Å². The lowest BCUT2D eigenvalue weighted by Crippen LogP contribution is -2.27. The van der Waals surface area contributed by atoms with E-state index in [9.17, 15) is 4.79 Å². The van der Waals surface area contributed by atoms with Gasteiger partial charge in [-0.2, -0.15) is 0 Å². The first-order chi connectivity index (χ1) is 10.8. The Morgan fingerprint density at radius 2 is 1.52 bits per heavy atom. The summed E-state index contributed by atoms with van der Waals surface area (Å²) in [6.07, 6.45) is 1.98. The van der Waals surface area contributed by atoms with Gasteiger partial charge in [0.1, 0.15) is 0 Å². The topological polar surface area (TPSA) is 35.5 Å². The highest BCUT2D eigenvalue weighted by Gasteiger charge is 2.25. The second kappa shape index (κ2) is 24.8. The van der Waals surface area contributed by atoms with Crippen molar-refractivity contribution in [1.82, 2.24) is 0 Å². The molecule has 0 fully saturated rings. The highest BCUT2D eigenvalue weighted by molar-refractivity contribution is 6.86. The SMILES string of the molecule is C.C.C.C.CCC(C)c1ccccc1.[B]OC.[B][B]OC(=O)C(C)(C)CC. The normalized spacial score (nSPS) is 9.41. The Bertz CT molecular complexity index is 399. The highest BCUT2D eigenvalue weighted by Crippen LogP contribution is 2.20. The average molecular weight is 377 g/mol. The van der Waals surface area contributed by atoms with Crippen LogP contribution in [-0.2, 0) is 14.1 Å². The smallest absolute Gasteiger partial charge is 0.306 e. The summed E-state index contributed by atoms with van der Waals surface area (Å²) in [5.74, 6) is 0.429. The van der Waals surface area contributed by atoms with Crippen molar-refractivity contribution >= 4 is 29.1 Å². The van der Waals surface area contributed by atoms with Crippen LogP contribution in [0.1, 0.15) is 88.6 Å². The van der Waals surface area contributed by atoms with Crippen molar-refractivity contribution in [1.29, 1.82) is 0 Å². The van der Waals surface area contributed by atoms with Gasteiger partial charge in [0, 0.05) is 7.11 Å². The summed E-state index contributed by atoms with van der Waals surface area (Å²) in [4.78, 5) is 11.0. The van der Waals surface area contributed by atoms with Crippen LogP contribution in [0.15, 0.2) is 30.3 Å². The minimum absolute atomic E-state index is 0. The predicted octanol–water partition coefficient (Wildman–Crippen LogP) is 6.13. The number of benzene rings is 1. The van der Waals surface area contributed by atoms with E-state index in [2.05, 4.69) is 61.5 Å². The van der Waals surface area contributed by atoms with E-state index >= 15 is 0 Å². The van der Waals surface area contributed by atoms with E-state index < -0.39 is 5.41 Å².